The first-order valence-corrected chi connectivity index (χ1v) is 30.7. The maximum absolute atomic E-state index is 15.4. The van der Waals surface area contributed by atoms with Crippen LogP contribution in [0.25, 0.3) is 22.3 Å². The first-order chi connectivity index (χ1) is 57.5. The van der Waals surface area contributed by atoms with E-state index < -0.39 is 255 Å². The highest BCUT2D eigenvalue weighted by Crippen LogP contribution is 2.36. The van der Waals surface area contributed by atoms with Gasteiger partial charge in [-0.15, -0.1) is 0 Å². The Labute approximate surface area is 601 Å². The van der Waals surface area contributed by atoms with Crippen molar-refractivity contribution in [2.24, 2.45) is 0 Å². The third-order valence-electron chi connectivity index (χ3n) is 14.3. The lowest BCUT2D eigenvalue weighted by molar-refractivity contribution is -0.138. The molecule has 6 aromatic carbocycles. The first kappa shape index (κ1) is 40.6. The molecule has 2 aliphatic rings. The summed E-state index contributed by atoms with van der Waals surface area (Å²) in [6.07, 6.45) is -20.3. The number of amides is 2. The van der Waals surface area contributed by atoms with Crippen molar-refractivity contribution in [1.82, 2.24) is 38.7 Å². The minimum absolute atomic E-state index is 0.00159. The summed E-state index contributed by atoms with van der Waals surface area (Å²) in [5.74, 6) is -6.75. The molecule has 0 atom stereocenters. The van der Waals surface area contributed by atoms with Crippen molar-refractivity contribution in [3.05, 3.63) is 233 Å². The van der Waals surface area contributed by atoms with Crippen LogP contribution in [0.15, 0.2) is 159 Å². The molecule has 0 aliphatic heterocycles. The van der Waals surface area contributed by atoms with Crippen LogP contribution in [0.3, 0.4) is 0 Å². The number of likely N-dealkylation sites (N-methyl/N-ethyl adjacent to an activating group) is 2. The van der Waals surface area contributed by atoms with Crippen LogP contribution in [0.2, 0.25) is 0 Å². The highest BCUT2D eigenvalue weighted by atomic mass is 32.2. The van der Waals surface area contributed by atoms with Crippen molar-refractivity contribution in [3.8, 4) is 22.3 Å². The average molecular weight is 1380 g/mol. The fraction of sp³-hybridized carbons (Fsp3) is 0.370. The van der Waals surface area contributed by atoms with Gasteiger partial charge in [-0.3, -0.25) is 19.2 Å². The number of thioether (sulfide) groups is 2. The number of alkyl halides is 6. The van der Waals surface area contributed by atoms with Crippen molar-refractivity contribution >= 4 is 35.3 Å². The molecule has 8 aromatic rings. The zero-order valence-corrected chi connectivity index (χ0v) is 52.7. The molecule has 2 heterocycles. The molecule has 2 aromatic heterocycles. The van der Waals surface area contributed by atoms with Crippen LogP contribution in [0.1, 0.15) is 144 Å². The minimum Gasteiger partial charge on any atom is -0.336 e. The lowest BCUT2D eigenvalue weighted by Crippen LogP contribution is -2.40. The van der Waals surface area contributed by atoms with E-state index in [1.165, 1.54) is 29.2 Å². The van der Waals surface area contributed by atoms with E-state index in [0.29, 0.717) is 81.7 Å². The predicted octanol–water partition coefficient (Wildman–Crippen LogP) is 14.7. The predicted molar refractivity (Wildman–Crippen MR) is 358 cm³/mol. The van der Waals surface area contributed by atoms with Crippen molar-refractivity contribution in [2.45, 2.75) is 133 Å². The number of aromatic nitrogens is 4. The summed E-state index contributed by atoms with van der Waals surface area (Å²) >= 11 is 0.422. The fourth-order valence-corrected chi connectivity index (χ4v) is 10.9. The van der Waals surface area contributed by atoms with Crippen LogP contribution < -0.4 is 11.1 Å². The number of halogens is 8. The van der Waals surface area contributed by atoms with E-state index in [4.69, 9.17) is 34.3 Å². The molecule has 502 valence electrons. The Kier molecular flexibility index (Phi) is 14.0. The van der Waals surface area contributed by atoms with Crippen molar-refractivity contribution in [2.75, 3.05) is 52.2 Å². The topological polar surface area (TPSA) is 117 Å². The molecule has 10 rings (SSSR count). The minimum atomic E-state index is -5.32. The summed E-state index contributed by atoms with van der Waals surface area (Å²) in [6, 6.07) is 1.96. The number of carbonyl (C=O) groups is 2. The lowest BCUT2D eigenvalue weighted by atomic mass is 9.98. The quantitative estimate of drug-likeness (QED) is 0.0295. The van der Waals surface area contributed by atoms with Crippen molar-refractivity contribution in [1.29, 1.82) is 0 Å². The van der Waals surface area contributed by atoms with Crippen LogP contribution >= 0.6 is 23.5 Å². The van der Waals surface area contributed by atoms with Gasteiger partial charge in [0.25, 0.3) is 11.1 Å². The normalized spacial score (nSPS) is 20.2. The van der Waals surface area contributed by atoms with Crippen LogP contribution in [0.5, 0.6) is 0 Å². The Morgan fingerprint density at radius 3 is 1.77 bits per heavy atom. The standard InChI is InChI=1S/C37H40F4N4O2S.C36H38F4N4O2S/c1-4-43(5-2)19-20-44(22-26-9-13-28(14-10-26)29-15-18-32(25(3)21-29)37(39,40)41)34(46)23-45-33-8-6-7-31(33)35(47)42-36(45)48-24-27-11-16-30(38)17-12-27;1-3-42(4-2)20-21-43(22-25-8-12-27(13-9-25)28-14-16-29(17-15-28)36(38,39)40)33(45)23-44-32-7-5-6-31(32)34(46)41-35(44)47-24-26-10-18-30(37)19-11-26/h9-18,21H,4-8,19-20,22-24H2,1-3H3;8-19H,3-7,20-24H2,1-2H3/i4D2,5D2,6D2,7D2,8D2,9D,10D,11D,12D,13D,14D,15D,16D,17D,18D,19D2,20D2,21D,23D2;23D2,24D2. The molecule has 0 saturated heterocycles. The van der Waals surface area contributed by atoms with Crippen LogP contribution in [-0.4, -0.2) is 103 Å². The van der Waals surface area contributed by atoms with Crippen LogP contribution in [0, 0.1) is 18.6 Å². The van der Waals surface area contributed by atoms with Gasteiger partial charge < -0.3 is 28.7 Å². The fourth-order valence-electron chi connectivity index (χ4n) is 9.31. The zero-order valence-electron chi connectivity index (χ0n) is 82.1. The van der Waals surface area contributed by atoms with Gasteiger partial charge in [0.2, 0.25) is 11.8 Å². The highest BCUT2D eigenvalue weighted by Gasteiger charge is 2.33. The smallest absolute Gasteiger partial charge is 0.336 e. The van der Waals surface area contributed by atoms with Crippen LogP contribution in [-0.2, 0) is 85.1 Å². The number of hydrogen-bond acceptors (Lipinski definition) is 10. The van der Waals surface area contributed by atoms with E-state index in [2.05, 4.69) is 14.9 Å². The molecular weight excluding hydrogens is 1270 g/mol. The second kappa shape index (κ2) is 32.7. The summed E-state index contributed by atoms with van der Waals surface area (Å²) < 4.78 is 379. The van der Waals surface area contributed by atoms with E-state index >= 15 is 4.79 Å². The van der Waals surface area contributed by atoms with Gasteiger partial charge in [0.1, 0.15) is 24.6 Å². The summed E-state index contributed by atoms with van der Waals surface area (Å²) in [6.45, 7) is -17.0. The molecule has 0 fully saturated rings. The SMILES string of the molecule is [2H]C([2H])(Sc1nc(=O)c2c(n1C([2H])([2H])C(=O)N(CCN(CC)CC)Cc1ccc(-c3ccc(C(F)(F)F)cc3)cc1)CCC2)c1ccc(F)cc1.[2H]c1c([2H])c(CSc2nc(=O)c3c(n2C([2H])([2H])C(=O)N(Cc2c([2H])c([2H])c(-c4c([2H])c([2H])c(C(F)(F)F)c(C)c4[2H])c([2H])c2[2H])C([2H])([2H])C([2H])([2H])N(C([2H])([2H])C)C([2H])([2H])C)C([2H])([2H])C([2H])([2H])C3([2H])[2H])c([2H])c([2H])c1F. The van der Waals surface area contributed by atoms with E-state index in [1.807, 2.05) is 13.8 Å². The molecule has 0 saturated carbocycles. The number of rotatable bonds is 26. The highest BCUT2D eigenvalue weighted by molar-refractivity contribution is 7.98. The van der Waals surface area contributed by atoms with Gasteiger partial charge in [-0.1, -0.05) is 148 Å². The number of nitrogens with zero attached hydrogens (tertiary/aromatic N) is 8. The molecule has 0 spiro atoms. The molecule has 2 aliphatic carbocycles. The van der Waals surface area contributed by atoms with Gasteiger partial charge in [-0.25, -0.2) is 8.78 Å². The Hall–Kier alpha value is -7.92. The monoisotopic (exact) mass is 1380 g/mol. The van der Waals surface area contributed by atoms with Gasteiger partial charge >= 0.3 is 12.4 Å². The zero-order chi connectivity index (χ0) is 95.5. The Bertz CT molecular complexity index is 5600. The largest absolute Gasteiger partial charge is 0.416 e. The number of benzene rings is 6. The Balaban J connectivity index is 0.000000306. The first-order valence-electron chi connectivity index (χ1n) is 44.4. The Morgan fingerprint density at radius 1 is 0.579 bits per heavy atom. The summed E-state index contributed by atoms with van der Waals surface area (Å²) in [5, 5.41) is -1.64. The molecular formula is C73H78F8N8O4S2. The van der Waals surface area contributed by atoms with Crippen molar-refractivity contribution in [3.63, 3.8) is 0 Å². The summed E-state index contributed by atoms with van der Waals surface area (Å²) in [5.41, 5.74) is -13.2. The molecule has 2 amide bonds. The molecule has 95 heavy (non-hydrogen) atoms. The van der Waals surface area contributed by atoms with Gasteiger partial charge in [0, 0.05) is 92.3 Å². The summed E-state index contributed by atoms with van der Waals surface area (Å²) in [4.78, 5) is 66.7. The van der Waals surface area contributed by atoms with E-state index in [0.717, 1.165) is 28.8 Å². The molecule has 0 unspecified atom stereocenters. The summed E-state index contributed by atoms with van der Waals surface area (Å²) in [7, 11) is 0. The van der Waals surface area contributed by atoms with Gasteiger partial charge in [0.05, 0.1) is 34.4 Å². The van der Waals surface area contributed by atoms with Gasteiger partial charge in [0.15, 0.2) is 10.3 Å². The van der Waals surface area contributed by atoms with Gasteiger partial charge in [-0.05, 0) is 164 Å². The molecule has 12 nitrogen and oxygen atoms in total. The van der Waals surface area contributed by atoms with E-state index in [1.54, 1.807) is 24.3 Å². The average Bonchev–Trinajstić information content (AvgIpc) is 1.51. The number of fused-ring (bicyclic) bond motifs is 2. The molecule has 0 radical (unpaired) electrons. The van der Waals surface area contributed by atoms with Gasteiger partial charge in [-0.2, -0.15) is 36.3 Å². The second-order valence-corrected chi connectivity index (χ2v) is 22.2. The van der Waals surface area contributed by atoms with E-state index in [-0.39, 0.29) is 57.8 Å². The molecule has 0 N–H and O–H groups in total. The maximum Gasteiger partial charge on any atom is 0.416 e. The lowest BCUT2D eigenvalue weighted by Gasteiger charge is -2.28. The third-order valence-corrected chi connectivity index (χ3v) is 16.1. The molecule has 22 heteroatoms. The third kappa shape index (κ3) is 19.0. The van der Waals surface area contributed by atoms with E-state index in [9.17, 15) is 57.7 Å². The van der Waals surface area contributed by atoms with Crippen LogP contribution in [0.4, 0.5) is 35.1 Å². The van der Waals surface area contributed by atoms with Crippen molar-refractivity contribution < 1.29 is 87.2 Å². The number of hydrogen-bond donors (Lipinski definition) is 0. The molecule has 0 bridgehead atoms. The maximum atomic E-state index is 15.4. The number of carbonyl (C=O) groups excluding carboxylic acids is 2. The second-order valence-electron chi connectivity index (χ2n) is 20.5. The Morgan fingerprint density at radius 2 is 1.15 bits per heavy atom.